The number of rotatable bonds is 7. The molecule has 2 heterocycles. The van der Waals surface area contributed by atoms with Crippen LogP contribution < -0.4 is 20.7 Å². The summed E-state index contributed by atoms with van der Waals surface area (Å²) in [7, 11) is 3.02. The highest BCUT2D eigenvalue weighted by atomic mass is 16.5. The molecule has 9 heteroatoms. The van der Waals surface area contributed by atoms with E-state index in [0.29, 0.717) is 28.6 Å². The van der Waals surface area contributed by atoms with Gasteiger partial charge in [-0.25, -0.2) is 14.5 Å². The van der Waals surface area contributed by atoms with Gasteiger partial charge in [0.1, 0.15) is 11.4 Å². The predicted molar refractivity (Wildman–Crippen MR) is 155 cm³/mol. The van der Waals surface area contributed by atoms with Gasteiger partial charge in [0, 0.05) is 36.3 Å². The molecule has 4 aromatic rings. The van der Waals surface area contributed by atoms with E-state index < -0.39 is 0 Å². The Labute approximate surface area is 234 Å². The molecule has 0 bridgehead atoms. The Bertz CT molecular complexity index is 1500. The van der Waals surface area contributed by atoms with E-state index in [2.05, 4.69) is 40.0 Å². The maximum absolute atomic E-state index is 13.5. The van der Waals surface area contributed by atoms with Gasteiger partial charge in [0.2, 0.25) is 5.88 Å². The van der Waals surface area contributed by atoms with E-state index in [0.717, 1.165) is 24.1 Å². The summed E-state index contributed by atoms with van der Waals surface area (Å²) in [5.41, 5.74) is 4.29. The van der Waals surface area contributed by atoms with Crippen molar-refractivity contribution in [3.63, 3.8) is 0 Å². The average Bonchev–Trinajstić information content (AvgIpc) is 3.51. The predicted octanol–water partition coefficient (Wildman–Crippen LogP) is 5.31. The maximum Gasteiger partial charge on any atom is 0.320 e. The third-order valence-electron chi connectivity index (χ3n) is 7.49. The zero-order valence-corrected chi connectivity index (χ0v) is 23.1. The summed E-state index contributed by atoms with van der Waals surface area (Å²) in [4.78, 5) is 30.3. The normalized spacial score (nSPS) is 18.2. The summed E-state index contributed by atoms with van der Waals surface area (Å²) < 4.78 is 7.00. The second kappa shape index (κ2) is 11.6. The maximum atomic E-state index is 13.5. The number of anilines is 1. The largest absolute Gasteiger partial charge is 0.480 e. The van der Waals surface area contributed by atoms with Gasteiger partial charge in [-0.3, -0.25) is 10.1 Å². The monoisotopic (exact) mass is 538 g/mol. The van der Waals surface area contributed by atoms with Crippen LogP contribution >= 0.6 is 0 Å². The lowest BCUT2D eigenvalue weighted by atomic mass is 9.94. The quantitative estimate of drug-likeness (QED) is 0.295. The van der Waals surface area contributed by atoms with Crippen molar-refractivity contribution in [1.82, 2.24) is 25.4 Å². The summed E-state index contributed by atoms with van der Waals surface area (Å²) >= 11 is 0. The molecule has 0 radical (unpaired) electrons. The van der Waals surface area contributed by atoms with E-state index in [9.17, 15) is 9.59 Å². The first-order chi connectivity index (χ1) is 19.4. The smallest absolute Gasteiger partial charge is 0.320 e. The molecule has 5 rings (SSSR count). The molecule has 1 saturated carbocycles. The second-order valence-electron chi connectivity index (χ2n) is 10.2. The Morgan fingerprint density at radius 2 is 1.73 bits per heavy atom. The van der Waals surface area contributed by atoms with Gasteiger partial charge in [0.15, 0.2) is 0 Å². The van der Waals surface area contributed by atoms with Crippen LogP contribution in [0.15, 0.2) is 72.9 Å². The number of carbonyl (C=O) groups excluding carboxylic acids is 2. The van der Waals surface area contributed by atoms with Crippen LogP contribution in [-0.2, 0) is 0 Å². The number of ether oxygens (including phenoxy) is 1. The van der Waals surface area contributed by atoms with Crippen molar-refractivity contribution in [3.05, 3.63) is 89.6 Å². The molecule has 0 spiro atoms. The Balaban J connectivity index is 1.48. The van der Waals surface area contributed by atoms with Gasteiger partial charge in [0.05, 0.1) is 18.5 Å². The van der Waals surface area contributed by atoms with Crippen LogP contribution in [0, 0.1) is 12.8 Å². The molecule has 0 aliphatic heterocycles. The fourth-order valence-electron chi connectivity index (χ4n) is 5.55. The summed E-state index contributed by atoms with van der Waals surface area (Å²) in [6.07, 6.45) is 3.55. The molecule has 2 aromatic carbocycles. The van der Waals surface area contributed by atoms with Gasteiger partial charge < -0.3 is 15.4 Å². The number of nitrogens with one attached hydrogen (secondary N) is 3. The average molecular weight is 539 g/mol. The second-order valence-corrected chi connectivity index (χ2v) is 10.2. The summed E-state index contributed by atoms with van der Waals surface area (Å²) in [5.74, 6) is 1.21. The van der Waals surface area contributed by atoms with Gasteiger partial charge in [-0.05, 0) is 49.4 Å². The van der Waals surface area contributed by atoms with E-state index >= 15 is 0 Å². The molecule has 206 valence electrons. The molecule has 3 N–H and O–H groups in total. The standard InChI is InChI=1S/C31H34N6O3/c1-19-15-24(21-11-7-5-8-12-21)26(16-19)34-31(39)35-28-20(2)27(36-37(28)23-13-9-6-10-14-23)22-17-25(29(38)32-3)30(40-4)33-18-22/h5-14,17-19,24,26H,15-16H2,1-4H3,(H,32,38)(H2,34,35,39)/t19?,24-,26+/m0/s1. The summed E-state index contributed by atoms with van der Waals surface area (Å²) in [6.45, 7) is 4.12. The first kappa shape index (κ1) is 26.9. The number of hydrogen-bond donors (Lipinski definition) is 3. The number of aromatic nitrogens is 3. The molecule has 1 aliphatic carbocycles. The highest BCUT2D eigenvalue weighted by Crippen LogP contribution is 2.38. The van der Waals surface area contributed by atoms with Gasteiger partial charge in [-0.2, -0.15) is 5.10 Å². The Morgan fingerprint density at radius 3 is 2.40 bits per heavy atom. The van der Waals surface area contributed by atoms with Gasteiger partial charge in [-0.15, -0.1) is 0 Å². The molecule has 1 unspecified atom stereocenters. The number of benzene rings is 2. The minimum atomic E-state index is -0.317. The van der Waals surface area contributed by atoms with Crippen molar-refractivity contribution in [3.8, 4) is 22.8 Å². The molecule has 9 nitrogen and oxygen atoms in total. The number of pyridine rings is 1. The van der Waals surface area contributed by atoms with Crippen molar-refractivity contribution >= 4 is 17.8 Å². The van der Waals surface area contributed by atoms with Crippen molar-refractivity contribution in [2.45, 2.75) is 38.6 Å². The van der Waals surface area contributed by atoms with Gasteiger partial charge >= 0.3 is 6.03 Å². The molecular formula is C31H34N6O3. The number of hydrogen-bond acceptors (Lipinski definition) is 5. The molecule has 3 atom stereocenters. The zero-order valence-electron chi connectivity index (χ0n) is 23.1. The Kier molecular flexibility index (Phi) is 7.82. The van der Waals surface area contributed by atoms with Crippen LogP contribution in [0.25, 0.3) is 16.9 Å². The van der Waals surface area contributed by atoms with Crippen molar-refractivity contribution < 1.29 is 14.3 Å². The van der Waals surface area contributed by atoms with Crippen molar-refractivity contribution in [1.29, 1.82) is 0 Å². The number of methoxy groups -OCH3 is 1. The highest BCUT2D eigenvalue weighted by Gasteiger charge is 2.34. The minimum Gasteiger partial charge on any atom is -0.480 e. The SMILES string of the molecule is CNC(=O)c1cc(-c2nn(-c3ccccc3)c(NC(=O)N[C@@H]3CC(C)C[C@H]3c3ccccc3)c2C)cnc1OC. The van der Waals surface area contributed by atoms with Crippen LogP contribution in [0.1, 0.15) is 47.2 Å². The number of amides is 3. The number of urea groups is 1. The van der Waals surface area contributed by atoms with E-state index in [-0.39, 0.29) is 29.8 Å². The fraction of sp³-hybridized carbons (Fsp3) is 0.290. The molecular weight excluding hydrogens is 504 g/mol. The first-order valence-electron chi connectivity index (χ1n) is 13.4. The van der Waals surface area contributed by atoms with Crippen LogP contribution in [0.2, 0.25) is 0 Å². The zero-order chi connectivity index (χ0) is 28.2. The van der Waals surface area contributed by atoms with Crippen LogP contribution in [0.4, 0.5) is 10.6 Å². The Hall–Kier alpha value is -4.66. The molecule has 1 fully saturated rings. The van der Waals surface area contributed by atoms with Crippen LogP contribution in [0.5, 0.6) is 5.88 Å². The number of para-hydroxylation sites is 1. The molecule has 3 amide bonds. The summed E-state index contributed by atoms with van der Waals surface area (Å²) in [6, 6.07) is 21.4. The molecule has 0 saturated heterocycles. The lowest BCUT2D eigenvalue weighted by Gasteiger charge is -2.22. The van der Waals surface area contributed by atoms with E-state index in [1.807, 2.05) is 55.5 Å². The fourth-order valence-corrected chi connectivity index (χ4v) is 5.55. The highest BCUT2D eigenvalue weighted by molar-refractivity contribution is 5.97. The van der Waals surface area contributed by atoms with Crippen molar-refractivity contribution in [2.75, 3.05) is 19.5 Å². The van der Waals surface area contributed by atoms with E-state index in [4.69, 9.17) is 9.84 Å². The minimum absolute atomic E-state index is 0.0196. The lowest BCUT2D eigenvalue weighted by molar-refractivity contribution is 0.0959. The number of nitrogens with zero attached hydrogens (tertiary/aromatic N) is 3. The van der Waals surface area contributed by atoms with Crippen LogP contribution in [-0.4, -0.2) is 46.9 Å². The number of carbonyl (C=O) groups is 2. The molecule has 2 aromatic heterocycles. The third kappa shape index (κ3) is 5.40. The van der Waals surface area contributed by atoms with E-state index in [1.54, 1.807) is 24.0 Å². The van der Waals surface area contributed by atoms with Crippen LogP contribution in [0.3, 0.4) is 0 Å². The summed E-state index contributed by atoms with van der Waals surface area (Å²) in [5, 5.41) is 13.8. The first-order valence-corrected chi connectivity index (χ1v) is 13.4. The topological polar surface area (TPSA) is 110 Å². The molecule has 1 aliphatic rings. The van der Waals surface area contributed by atoms with E-state index in [1.165, 1.54) is 12.7 Å². The van der Waals surface area contributed by atoms with Gasteiger partial charge in [-0.1, -0.05) is 55.5 Å². The third-order valence-corrected chi connectivity index (χ3v) is 7.49. The molecule has 40 heavy (non-hydrogen) atoms. The Morgan fingerprint density at radius 1 is 1.02 bits per heavy atom. The lowest BCUT2D eigenvalue weighted by Crippen LogP contribution is -2.39. The van der Waals surface area contributed by atoms with Crippen molar-refractivity contribution in [2.24, 2.45) is 5.92 Å². The van der Waals surface area contributed by atoms with Gasteiger partial charge in [0.25, 0.3) is 5.91 Å².